The van der Waals surface area contributed by atoms with Crippen LogP contribution in [0.3, 0.4) is 0 Å². The first-order chi connectivity index (χ1) is 10.6. The standard InChI is InChI=1S/C18H23NO3/c1-13-3-7-15(8-4-13)19(2)18(20)10-6-14-5-9-16-17(11-14)22-12-21-16/h5-6,9-11,13,15H,3-4,7-8,12H2,1-2H3. The molecule has 1 amide bonds. The lowest BCUT2D eigenvalue weighted by Crippen LogP contribution is -2.38. The van der Waals surface area contributed by atoms with E-state index in [1.165, 1.54) is 12.8 Å². The molecule has 4 heteroatoms. The minimum absolute atomic E-state index is 0.0669. The summed E-state index contributed by atoms with van der Waals surface area (Å²) in [6.07, 6.45) is 8.15. The molecule has 0 atom stereocenters. The van der Waals surface area contributed by atoms with Crippen LogP contribution < -0.4 is 9.47 Å². The molecule has 3 rings (SSSR count). The van der Waals surface area contributed by atoms with Crippen molar-refractivity contribution in [3.8, 4) is 11.5 Å². The number of fused-ring (bicyclic) bond motifs is 1. The second-order valence-electron chi connectivity index (χ2n) is 6.31. The van der Waals surface area contributed by atoms with Crippen molar-refractivity contribution in [2.24, 2.45) is 5.92 Å². The van der Waals surface area contributed by atoms with Gasteiger partial charge >= 0.3 is 0 Å². The Hall–Kier alpha value is -1.97. The molecule has 0 bridgehead atoms. The first-order valence-electron chi connectivity index (χ1n) is 7.98. The SMILES string of the molecule is CC1CCC(N(C)C(=O)C=Cc2ccc3c(c2)OCO3)CC1. The minimum atomic E-state index is 0.0669. The number of benzene rings is 1. The third-order valence-corrected chi connectivity index (χ3v) is 4.70. The van der Waals surface area contributed by atoms with Crippen LogP contribution in [0.5, 0.6) is 11.5 Å². The van der Waals surface area contributed by atoms with Crippen molar-refractivity contribution in [3.63, 3.8) is 0 Å². The van der Waals surface area contributed by atoms with Gasteiger partial charge in [-0.1, -0.05) is 13.0 Å². The third-order valence-electron chi connectivity index (χ3n) is 4.70. The van der Waals surface area contributed by atoms with E-state index in [0.29, 0.717) is 6.04 Å². The molecule has 0 unspecified atom stereocenters. The van der Waals surface area contributed by atoms with E-state index in [1.54, 1.807) is 6.08 Å². The molecular weight excluding hydrogens is 278 g/mol. The Morgan fingerprint density at radius 2 is 1.91 bits per heavy atom. The van der Waals surface area contributed by atoms with Crippen molar-refractivity contribution in [2.75, 3.05) is 13.8 Å². The molecule has 1 aromatic rings. The van der Waals surface area contributed by atoms with Gasteiger partial charge in [0.05, 0.1) is 0 Å². The summed E-state index contributed by atoms with van der Waals surface area (Å²) in [7, 11) is 1.91. The van der Waals surface area contributed by atoms with E-state index < -0.39 is 0 Å². The van der Waals surface area contributed by atoms with Crippen LogP contribution in [-0.2, 0) is 4.79 Å². The van der Waals surface area contributed by atoms with Gasteiger partial charge in [-0.25, -0.2) is 0 Å². The molecule has 0 N–H and O–H groups in total. The van der Waals surface area contributed by atoms with E-state index in [-0.39, 0.29) is 12.7 Å². The summed E-state index contributed by atoms with van der Waals surface area (Å²) >= 11 is 0. The van der Waals surface area contributed by atoms with E-state index in [0.717, 1.165) is 35.8 Å². The van der Waals surface area contributed by atoms with Gasteiger partial charge in [0.15, 0.2) is 11.5 Å². The second kappa shape index (κ2) is 6.42. The summed E-state index contributed by atoms with van der Waals surface area (Å²) in [5, 5.41) is 0. The maximum Gasteiger partial charge on any atom is 0.246 e. The molecule has 1 aromatic carbocycles. The lowest BCUT2D eigenvalue weighted by molar-refractivity contribution is -0.127. The van der Waals surface area contributed by atoms with Gasteiger partial charge in [-0.05, 0) is 55.4 Å². The average Bonchev–Trinajstić information content (AvgIpc) is 3.00. The number of ether oxygens (including phenoxy) is 2. The number of hydrogen-bond acceptors (Lipinski definition) is 3. The number of likely N-dealkylation sites (N-methyl/N-ethyl adjacent to an activating group) is 1. The first-order valence-corrected chi connectivity index (χ1v) is 7.98. The lowest BCUT2D eigenvalue weighted by Gasteiger charge is -2.33. The van der Waals surface area contributed by atoms with Crippen LogP contribution >= 0.6 is 0 Å². The van der Waals surface area contributed by atoms with Crippen LogP contribution in [0.1, 0.15) is 38.2 Å². The van der Waals surface area contributed by atoms with Crippen LogP contribution in [0.15, 0.2) is 24.3 Å². The highest BCUT2D eigenvalue weighted by molar-refractivity contribution is 5.91. The highest BCUT2D eigenvalue weighted by Gasteiger charge is 2.23. The topological polar surface area (TPSA) is 38.8 Å². The predicted molar refractivity (Wildman–Crippen MR) is 85.8 cm³/mol. The molecule has 0 spiro atoms. The lowest BCUT2D eigenvalue weighted by atomic mass is 9.87. The Labute approximate surface area is 131 Å². The van der Waals surface area contributed by atoms with Crippen molar-refractivity contribution in [1.29, 1.82) is 0 Å². The Balaban J connectivity index is 1.61. The predicted octanol–water partition coefficient (Wildman–Crippen LogP) is 3.47. The third kappa shape index (κ3) is 3.26. The van der Waals surface area contributed by atoms with E-state index in [9.17, 15) is 4.79 Å². The van der Waals surface area contributed by atoms with Gasteiger partial charge in [-0.15, -0.1) is 0 Å². The van der Waals surface area contributed by atoms with Crippen LogP contribution in [0, 0.1) is 5.92 Å². The van der Waals surface area contributed by atoms with E-state index in [2.05, 4.69) is 6.92 Å². The van der Waals surface area contributed by atoms with Gasteiger partial charge < -0.3 is 14.4 Å². The molecule has 0 aromatic heterocycles. The molecule has 4 nitrogen and oxygen atoms in total. The Bertz CT molecular complexity index is 574. The molecule has 1 saturated carbocycles. The summed E-state index contributed by atoms with van der Waals surface area (Å²) in [6, 6.07) is 6.08. The summed E-state index contributed by atoms with van der Waals surface area (Å²) in [5.74, 6) is 2.36. The normalized spacial score (nSPS) is 23.7. The summed E-state index contributed by atoms with van der Waals surface area (Å²) in [5.41, 5.74) is 0.947. The summed E-state index contributed by atoms with van der Waals surface area (Å²) < 4.78 is 10.6. The molecular formula is C18H23NO3. The number of rotatable bonds is 3. The minimum Gasteiger partial charge on any atom is -0.454 e. The molecule has 1 fully saturated rings. The Kier molecular flexibility index (Phi) is 4.36. The maximum atomic E-state index is 12.3. The fraction of sp³-hybridized carbons (Fsp3) is 0.500. The van der Waals surface area contributed by atoms with Crippen molar-refractivity contribution in [3.05, 3.63) is 29.8 Å². The largest absolute Gasteiger partial charge is 0.454 e. The highest BCUT2D eigenvalue weighted by atomic mass is 16.7. The van der Waals surface area contributed by atoms with Crippen LogP contribution in [0.2, 0.25) is 0 Å². The van der Waals surface area contributed by atoms with Crippen LogP contribution in [0.4, 0.5) is 0 Å². The monoisotopic (exact) mass is 301 g/mol. The molecule has 1 aliphatic carbocycles. The maximum absolute atomic E-state index is 12.3. The van der Waals surface area contributed by atoms with E-state index >= 15 is 0 Å². The van der Waals surface area contributed by atoms with Gasteiger partial charge in [0.25, 0.3) is 0 Å². The molecule has 1 aliphatic heterocycles. The van der Waals surface area contributed by atoms with Gasteiger partial charge in [-0.2, -0.15) is 0 Å². The quantitative estimate of drug-likeness (QED) is 0.803. The zero-order valence-electron chi connectivity index (χ0n) is 13.2. The van der Waals surface area contributed by atoms with Crippen LogP contribution in [-0.4, -0.2) is 30.7 Å². The summed E-state index contributed by atoms with van der Waals surface area (Å²) in [4.78, 5) is 14.2. The highest BCUT2D eigenvalue weighted by Crippen LogP contribution is 2.33. The molecule has 0 saturated heterocycles. The van der Waals surface area contributed by atoms with Gasteiger partial charge in [0, 0.05) is 19.2 Å². The van der Waals surface area contributed by atoms with Gasteiger partial charge in [0.1, 0.15) is 0 Å². The Morgan fingerprint density at radius 1 is 1.18 bits per heavy atom. The van der Waals surface area contributed by atoms with Crippen molar-refractivity contribution < 1.29 is 14.3 Å². The summed E-state index contributed by atoms with van der Waals surface area (Å²) in [6.45, 7) is 2.56. The van der Waals surface area contributed by atoms with Gasteiger partial charge in [0.2, 0.25) is 12.7 Å². The van der Waals surface area contributed by atoms with Crippen molar-refractivity contribution in [2.45, 2.75) is 38.6 Å². The van der Waals surface area contributed by atoms with Crippen molar-refractivity contribution in [1.82, 2.24) is 4.90 Å². The Morgan fingerprint density at radius 3 is 2.68 bits per heavy atom. The molecule has 118 valence electrons. The smallest absolute Gasteiger partial charge is 0.246 e. The second-order valence-corrected chi connectivity index (χ2v) is 6.31. The van der Waals surface area contributed by atoms with Crippen molar-refractivity contribution >= 4 is 12.0 Å². The van der Waals surface area contributed by atoms with Crippen LogP contribution in [0.25, 0.3) is 6.08 Å². The molecule has 22 heavy (non-hydrogen) atoms. The zero-order valence-corrected chi connectivity index (χ0v) is 13.2. The van der Waals surface area contributed by atoms with E-state index in [1.807, 2.05) is 36.2 Å². The number of nitrogens with zero attached hydrogens (tertiary/aromatic N) is 1. The fourth-order valence-corrected chi connectivity index (χ4v) is 3.11. The zero-order chi connectivity index (χ0) is 15.5. The molecule has 0 radical (unpaired) electrons. The molecule has 2 aliphatic rings. The number of hydrogen-bond donors (Lipinski definition) is 0. The average molecular weight is 301 g/mol. The van der Waals surface area contributed by atoms with Gasteiger partial charge in [-0.3, -0.25) is 4.79 Å². The fourth-order valence-electron chi connectivity index (χ4n) is 3.11. The van der Waals surface area contributed by atoms with E-state index in [4.69, 9.17) is 9.47 Å². The number of carbonyl (C=O) groups excluding carboxylic acids is 1. The number of amides is 1. The first kappa shape index (κ1) is 14.9. The number of carbonyl (C=O) groups is 1. The molecule has 1 heterocycles.